The van der Waals surface area contributed by atoms with E-state index in [1.54, 1.807) is 10.9 Å². The average Bonchev–Trinajstić information content (AvgIpc) is 2.80. The lowest BCUT2D eigenvalue weighted by Gasteiger charge is -2.04. The van der Waals surface area contributed by atoms with Gasteiger partial charge in [-0.3, -0.25) is 4.98 Å². The molecule has 2 aromatic heterocycles. The van der Waals surface area contributed by atoms with E-state index in [0.717, 1.165) is 11.4 Å². The van der Waals surface area contributed by atoms with Gasteiger partial charge in [-0.2, -0.15) is 0 Å². The molecule has 0 atom stereocenters. The fraction of sp³-hybridized carbons (Fsp3) is 0.417. The van der Waals surface area contributed by atoms with Gasteiger partial charge in [0.15, 0.2) is 0 Å². The van der Waals surface area contributed by atoms with E-state index in [4.69, 9.17) is 5.11 Å². The third-order valence-corrected chi connectivity index (χ3v) is 2.63. The topological polar surface area (TPSA) is 75.9 Å². The van der Waals surface area contributed by atoms with Gasteiger partial charge in [0.25, 0.3) is 0 Å². The number of hydrogen-bond donors (Lipinski definition) is 2. The molecule has 0 aromatic carbocycles. The van der Waals surface area contributed by atoms with E-state index in [1.165, 1.54) is 5.56 Å². The lowest BCUT2D eigenvalue weighted by Crippen LogP contribution is -2.14. The first-order valence-electron chi connectivity index (χ1n) is 5.90. The van der Waals surface area contributed by atoms with Gasteiger partial charge in [-0.1, -0.05) is 11.3 Å². The summed E-state index contributed by atoms with van der Waals surface area (Å²) in [7, 11) is 0. The summed E-state index contributed by atoms with van der Waals surface area (Å²) < 4.78 is 1.63. The number of nitrogens with zero attached hydrogens (tertiary/aromatic N) is 4. The summed E-state index contributed by atoms with van der Waals surface area (Å²) in [6.07, 6.45) is 3.62. The molecule has 0 radical (unpaired) electrons. The van der Waals surface area contributed by atoms with Crippen molar-refractivity contribution in [3.05, 3.63) is 41.5 Å². The Labute approximate surface area is 106 Å². The number of nitrogens with one attached hydrogen (secondary N) is 1. The zero-order valence-electron chi connectivity index (χ0n) is 10.4. The first-order valence-corrected chi connectivity index (χ1v) is 5.90. The molecule has 18 heavy (non-hydrogen) atoms. The van der Waals surface area contributed by atoms with Crippen LogP contribution in [-0.4, -0.2) is 31.7 Å². The Morgan fingerprint density at radius 3 is 3.06 bits per heavy atom. The maximum Gasteiger partial charge on any atom is 0.0964 e. The Balaban J connectivity index is 1.83. The molecular formula is C12H17N5O. The third-order valence-electron chi connectivity index (χ3n) is 2.63. The monoisotopic (exact) mass is 247 g/mol. The van der Waals surface area contributed by atoms with E-state index in [0.29, 0.717) is 19.6 Å². The number of aryl methyl sites for hydroxylation is 1. The number of aliphatic hydroxyl groups excluding tert-OH is 1. The summed E-state index contributed by atoms with van der Waals surface area (Å²) in [4.78, 5) is 4.31. The second-order valence-electron chi connectivity index (χ2n) is 4.07. The molecule has 2 aromatic rings. The molecular weight excluding hydrogens is 230 g/mol. The zero-order valence-corrected chi connectivity index (χ0v) is 10.4. The Hall–Kier alpha value is -1.79. The van der Waals surface area contributed by atoms with Gasteiger partial charge in [0.1, 0.15) is 0 Å². The van der Waals surface area contributed by atoms with Crippen molar-refractivity contribution in [2.24, 2.45) is 0 Å². The number of rotatable bonds is 6. The van der Waals surface area contributed by atoms with Crippen LogP contribution in [0.5, 0.6) is 0 Å². The molecule has 0 saturated carbocycles. The largest absolute Gasteiger partial charge is 0.394 e. The molecule has 6 nitrogen and oxygen atoms in total. The van der Waals surface area contributed by atoms with Crippen LogP contribution >= 0.6 is 0 Å². The van der Waals surface area contributed by atoms with Crippen molar-refractivity contribution in [3.63, 3.8) is 0 Å². The van der Waals surface area contributed by atoms with Crippen molar-refractivity contribution in [2.45, 2.75) is 26.6 Å². The third kappa shape index (κ3) is 3.35. The minimum Gasteiger partial charge on any atom is -0.394 e. The molecule has 0 fully saturated rings. The smallest absolute Gasteiger partial charge is 0.0964 e. The minimum absolute atomic E-state index is 0.0728. The molecule has 0 unspecified atom stereocenters. The van der Waals surface area contributed by atoms with E-state index in [9.17, 15) is 0 Å². The zero-order chi connectivity index (χ0) is 12.8. The molecule has 2 heterocycles. The van der Waals surface area contributed by atoms with Gasteiger partial charge in [0.05, 0.1) is 24.5 Å². The van der Waals surface area contributed by atoms with Gasteiger partial charge in [0.2, 0.25) is 0 Å². The Morgan fingerprint density at radius 2 is 2.28 bits per heavy atom. The van der Waals surface area contributed by atoms with Crippen molar-refractivity contribution in [3.8, 4) is 0 Å². The van der Waals surface area contributed by atoms with Crippen LogP contribution in [0, 0.1) is 6.92 Å². The van der Waals surface area contributed by atoms with E-state index < -0.39 is 0 Å². The molecule has 0 aliphatic heterocycles. The van der Waals surface area contributed by atoms with Gasteiger partial charge in [-0.25, -0.2) is 4.68 Å². The van der Waals surface area contributed by atoms with Crippen LogP contribution in [0.2, 0.25) is 0 Å². The second-order valence-corrected chi connectivity index (χ2v) is 4.07. The highest BCUT2D eigenvalue weighted by atomic mass is 16.3. The maximum atomic E-state index is 8.77. The summed E-state index contributed by atoms with van der Waals surface area (Å²) in [5.41, 5.74) is 3.08. The summed E-state index contributed by atoms with van der Waals surface area (Å²) in [5.74, 6) is 0. The molecule has 2 N–H and O–H groups in total. The molecule has 96 valence electrons. The molecule has 0 bridgehead atoms. The lowest BCUT2D eigenvalue weighted by atomic mass is 10.2. The van der Waals surface area contributed by atoms with Crippen molar-refractivity contribution in [1.82, 2.24) is 25.3 Å². The summed E-state index contributed by atoms with van der Waals surface area (Å²) in [6, 6.07) is 3.97. The SMILES string of the molecule is Cc1cccnc1CNCc1cn(CCO)nn1. The number of aliphatic hydroxyl groups is 1. The van der Waals surface area contributed by atoms with E-state index in [-0.39, 0.29) is 6.61 Å². The van der Waals surface area contributed by atoms with Gasteiger partial charge in [-0.15, -0.1) is 5.10 Å². The highest BCUT2D eigenvalue weighted by Crippen LogP contribution is 2.02. The molecule has 0 saturated heterocycles. The van der Waals surface area contributed by atoms with Gasteiger partial charge < -0.3 is 10.4 Å². The van der Waals surface area contributed by atoms with Crippen molar-refractivity contribution >= 4 is 0 Å². The fourth-order valence-electron chi connectivity index (χ4n) is 1.64. The summed E-state index contributed by atoms with van der Waals surface area (Å²) in [6.45, 7) is 3.94. The van der Waals surface area contributed by atoms with Gasteiger partial charge in [0, 0.05) is 25.5 Å². The fourth-order valence-corrected chi connectivity index (χ4v) is 1.64. The van der Waals surface area contributed by atoms with E-state index in [1.807, 2.05) is 25.3 Å². The first-order chi connectivity index (χ1) is 8.79. The highest BCUT2D eigenvalue weighted by molar-refractivity contribution is 5.17. The van der Waals surface area contributed by atoms with Crippen molar-refractivity contribution in [2.75, 3.05) is 6.61 Å². The summed E-state index contributed by atoms with van der Waals surface area (Å²) in [5, 5.41) is 20.0. The molecule has 0 amide bonds. The average molecular weight is 247 g/mol. The molecule has 0 spiro atoms. The van der Waals surface area contributed by atoms with E-state index >= 15 is 0 Å². The van der Waals surface area contributed by atoms with Crippen molar-refractivity contribution < 1.29 is 5.11 Å². The number of pyridine rings is 1. The van der Waals surface area contributed by atoms with Crippen molar-refractivity contribution in [1.29, 1.82) is 0 Å². The predicted molar refractivity (Wildman–Crippen MR) is 66.6 cm³/mol. The van der Waals surface area contributed by atoms with Crippen LogP contribution in [-0.2, 0) is 19.6 Å². The highest BCUT2D eigenvalue weighted by Gasteiger charge is 2.01. The van der Waals surface area contributed by atoms with Crippen LogP contribution in [0.1, 0.15) is 17.0 Å². The molecule has 0 aliphatic carbocycles. The molecule has 2 rings (SSSR count). The van der Waals surface area contributed by atoms with Crippen LogP contribution in [0.3, 0.4) is 0 Å². The lowest BCUT2D eigenvalue weighted by molar-refractivity contribution is 0.268. The molecule has 6 heteroatoms. The van der Waals surface area contributed by atoms with Crippen LogP contribution < -0.4 is 5.32 Å². The van der Waals surface area contributed by atoms with Gasteiger partial charge >= 0.3 is 0 Å². The normalized spacial score (nSPS) is 10.8. The predicted octanol–water partition coefficient (Wildman–Crippen LogP) is 0.264. The van der Waals surface area contributed by atoms with Gasteiger partial charge in [-0.05, 0) is 18.6 Å². The standard InChI is InChI=1S/C12H17N5O/c1-10-3-2-4-14-12(10)8-13-7-11-9-17(5-6-18)16-15-11/h2-4,9,13,18H,5-8H2,1H3. The Bertz CT molecular complexity index is 497. The van der Waals surface area contributed by atoms with Crippen LogP contribution in [0.15, 0.2) is 24.5 Å². The maximum absolute atomic E-state index is 8.77. The number of aromatic nitrogens is 4. The van der Waals surface area contributed by atoms with E-state index in [2.05, 4.69) is 20.6 Å². The van der Waals surface area contributed by atoms with Crippen LogP contribution in [0.4, 0.5) is 0 Å². The minimum atomic E-state index is 0.0728. The Morgan fingerprint density at radius 1 is 1.39 bits per heavy atom. The quantitative estimate of drug-likeness (QED) is 0.766. The molecule has 0 aliphatic rings. The number of hydrogen-bond acceptors (Lipinski definition) is 5. The second kappa shape index (κ2) is 6.23. The summed E-state index contributed by atoms with van der Waals surface area (Å²) >= 11 is 0. The van der Waals surface area contributed by atoms with Crippen LogP contribution in [0.25, 0.3) is 0 Å². The first kappa shape index (κ1) is 12.7. The Kier molecular flexibility index (Phi) is 4.38.